The van der Waals surface area contributed by atoms with E-state index in [0.717, 1.165) is 41.2 Å². The first kappa shape index (κ1) is 20.4. The van der Waals surface area contributed by atoms with Crippen LogP contribution in [0.1, 0.15) is 32.6 Å². The SMILES string of the molecule is CC1CCC2(CC1)NC(=O)N(CC(=O)Nc1nc(-c3ccc(F)c(F)c3)cs1)C2=O. The van der Waals surface area contributed by atoms with Crippen molar-refractivity contribution in [3.05, 3.63) is 35.2 Å². The minimum atomic E-state index is -0.990. The van der Waals surface area contributed by atoms with Gasteiger partial charge in [-0.25, -0.2) is 18.6 Å². The first-order chi connectivity index (χ1) is 14.3. The molecule has 2 N–H and O–H groups in total. The number of hydrogen-bond donors (Lipinski definition) is 2. The van der Waals surface area contributed by atoms with Crippen LogP contribution >= 0.6 is 11.3 Å². The standard InChI is InChI=1S/C20H20F2N4O3S/c1-11-4-6-20(7-5-11)17(28)26(19(29)25-20)9-16(27)24-18-23-15(10-30-18)12-2-3-13(21)14(22)8-12/h2-3,8,10-11H,4-7,9H2,1H3,(H,25,29)(H,23,24,27). The van der Waals surface area contributed by atoms with Crippen molar-refractivity contribution in [1.82, 2.24) is 15.2 Å². The van der Waals surface area contributed by atoms with E-state index in [4.69, 9.17) is 0 Å². The molecule has 4 rings (SSSR count). The largest absolute Gasteiger partial charge is 0.325 e. The number of nitrogens with zero attached hydrogens (tertiary/aromatic N) is 2. The van der Waals surface area contributed by atoms with E-state index in [0.29, 0.717) is 30.0 Å². The summed E-state index contributed by atoms with van der Waals surface area (Å²) in [5, 5.41) is 7.14. The van der Waals surface area contributed by atoms with Crippen molar-refractivity contribution in [2.24, 2.45) is 5.92 Å². The highest BCUT2D eigenvalue weighted by Gasteiger charge is 2.52. The molecule has 0 unspecified atom stereocenters. The second-order valence-electron chi connectivity index (χ2n) is 7.80. The van der Waals surface area contributed by atoms with E-state index in [1.807, 2.05) is 0 Å². The van der Waals surface area contributed by atoms with Crippen LogP contribution in [0.4, 0.5) is 18.7 Å². The van der Waals surface area contributed by atoms with Crippen LogP contribution in [0.5, 0.6) is 0 Å². The van der Waals surface area contributed by atoms with Crippen LogP contribution in [-0.4, -0.2) is 39.8 Å². The lowest BCUT2D eigenvalue weighted by Crippen LogP contribution is -2.49. The van der Waals surface area contributed by atoms with Crippen molar-refractivity contribution >= 4 is 34.3 Å². The molecular formula is C20H20F2N4O3S. The monoisotopic (exact) mass is 434 g/mol. The smallest absolute Gasteiger partial charge is 0.323 e. The second-order valence-corrected chi connectivity index (χ2v) is 8.66. The minimum absolute atomic E-state index is 0.230. The summed E-state index contributed by atoms with van der Waals surface area (Å²) in [5.74, 6) is -2.37. The van der Waals surface area contributed by atoms with Gasteiger partial charge in [-0.2, -0.15) is 0 Å². The summed E-state index contributed by atoms with van der Waals surface area (Å²) >= 11 is 1.10. The number of thiazole rings is 1. The fourth-order valence-electron chi connectivity index (χ4n) is 3.84. The average molecular weight is 434 g/mol. The van der Waals surface area contributed by atoms with Crippen LogP contribution in [0.2, 0.25) is 0 Å². The number of carbonyl (C=O) groups is 3. The molecule has 10 heteroatoms. The molecule has 1 aliphatic heterocycles. The molecule has 2 aliphatic rings. The molecule has 1 saturated carbocycles. The van der Waals surface area contributed by atoms with Gasteiger partial charge in [-0.15, -0.1) is 11.3 Å². The predicted molar refractivity (Wildman–Crippen MR) is 107 cm³/mol. The van der Waals surface area contributed by atoms with Crippen LogP contribution in [0.15, 0.2) is 23.6 Å². The fourth-order valence-corrected chi connectivity index (χ4v) is 4.57. The third-order valence-electron chi connectivity index (χ3n) is 5.64. The minimum Gasteiger partial charge on any atom is -0.323 e. The quantitative estimate of drug-likeness (QED) is 0.721. The van der Waals surface area contributed by atoms with Crippen molar-refractivity contribution < 1.29 is 23.2 Å². The summed E-state index contributed by atoms with van der Waals surface area (Å²) in [6.45, 7) is 1.70. The summed E-state index contributed by atoms with van der Waals surface area (Å²) in [7, 11) is 0. The lowest BCUT2D eigenvalue weighted by atomic mass is 9.77. The first-order valence-electron chi connectivity index (χ1n) is 9.62. The third kappa shape index (κ3) is 3.79. The molecule has 0 bridgehead atoms. The molecule has 7 nitrogen and oxygen atoms in total. The molecule has 1 aromatic carbocycles. The molecule has 2 aromatic rings. The van der Waals surface area contributed by atoms with E-state index in [1.54, 1.807) is 5.38 Å². The lowest BCUT2D eigenvalue weighted by Gasteiger charge is -2.33. The van der Waals surface area contributed by atoms with Crippen molar-refractivity contribution in [2.45, 2.75) is 38.1 Å². The third-order valence-corrected chi connectivity index (χ3v) is 6.40. The van der Waals surface area contributed by atoms with Gasteiger partial charge in [0.2, 0.25) is 5.91 Å². The van der Waals surface area contributed by atoms with Gasteiger partial charge in [0, 0.05) is 10.9 Å². The van der Waals surface area contributed by atoms with Crippen LogP contribution in [0.25, 0.3) is 11.3 Å². The Balaban J connectivity index is 1.40. The molecule has 0 atom stereocenters. The topological polar surface area (TPSA) is 91.4 Å². The molecule has 2 heterocycles. The summed E-state index contributed by atoms with van der Waals surface area (Å²) < 4.78 is 26.5. The Labute approximate surface area is 175 Å². The van der Waals surface area contributed by atoms with Crippen molar-refractivity contribution in [3.63, 3.8) is 0 Å². The molecular weight excluding hydrogens is 414 g/mol. The molecule has 30 heavy (non-hydrogen) atoms. The number of aromatic nitrogens is 1. The van der Waals surface area contributed by atoms with Gasteiger partial charge in [0.1, 0.15) is 12.1 Å². The number of urea groups is 1. The molecule has 1 spiro atoms. The van der Waals surface area contributed by atoms with Crippen LogP contribution in [0.3, 0.4) is 0 Å². The first-order valence-corrected chi connectivity index (χ1v) is 10.5. The van der Waals surface area contributed by atoms with Gasteiger partial charge in [-0.1, -0.05) is 6.92 Å². The number of amides is 4. The molecule has 0 radical (unpaired) electrons. The Morgan fingerprint density at radius 3 is 2.73 bits per heavy atom. The zero-order valence-electron chi connectivity index (χ0n) is 16.2. The molecule has 1 aliphatic carbocycles. The maximum Gasteiger partial charge on any atom is 0.325 e. The van der Waals surface area contributed by atoms with E-state index in [1.165, 1.54) is 6.07 Å². The number of halogens is 2. The molecule has 4 amide bonds. The summed E-state index contributed by atoms with van der Waals surface area (Å²) in [6.07, 6.45) is 2.83. The zero-order chi connectivity index (χ0) is 21.5. The summed E-state index contributed by atoms with van der Waals surface area (Å²) in [6, 6.07) is 2.85. The van der Waals surface area contributed by atoms with E-state index >= 15 is 0 Å². The Morgan fingerprint density at radius 2 is 2.03 bits per heavy atom. The van der Waals surface area contributed by atoms with E-state index in [2.05, 4.69) is 22.5 Å². The zero-order valence-corrected chi connectivity index (χ0v) is 17.0. The Hall–Kier alpha value is -2.88. The summed E-state index contributed by atoms with van der Waals surface area (Å²) in [5.41, 5.74) is -0.155. The molecule has 158 valence electrons. The highest BCUT2D eigenvalue weighted by atomic mass is 32.1. The van der Waals surface area contributed by atoms with Crippen LogP contribution < -0.4 is 10.6 Å². The number of nitrogens with one attached hydrogen (secondary N) is 2. The lowest BCUT2D eigenvalue weighted by molar-refractivity contribution is -0.135. The van der Waals surface area contributed by atoms with Crippen LogP contribution in [0, 0.1) is 17.6 Å². The number of hydrogen-bond acceptors (Lipinski definition) is 5. The van der Waals surface area contributed by atoms with Crippen LogP contribution in [-0.2, 0) is 9.59 Å². The molecule has 2 fully saturated rings. The van der Waals surface area contributed by atoms with E-state index < -0.39 is 35.7 Å². The van der Waals surface area contributed by atoms with Gasteiger partial charge < -0.3 is 10.6 Å². The van der Waals surface area contributed by atoms with Crippen molar-refractivity contribution in [3.8, 4) is 11.3 Å². The average Bonchev–Trinajstić information content (AvgIpc) is 3.25. The highest BCUT2D eigenvalue weighted by Crippen LogP contribution is 2.36. The number of anilines is 1. The Morgan fingerprint density at radius 1 is 1.30 bits per heavy atom. The van der Waals surface area contributed by atoms with E-state index in [9.17, 15) is 23.2 Å². The number of rotatable bonds is 4. The maximum atomic E-state index is 13.4. The fraction of sp³-hybridized carbons (Fsp3) is 0.400. The van der Waals surface area contributed by atoms with Gasteiger partial charge in [-0.3, -0.25) is 14.5 Å². The van der Waals surface area contributed by atoms with Gasteiger partial charge in [0.25, 0.3) is 5.91 Å². The second kappa shape index (κ2) is 7.75. The van der Waals surface area contributed by atoms with Crippen molar-refractivity contribution in [1.29, 1.82) is 0 Å². The normalized spacial score (nSPS) is 23.7. The number of carbonyl (C=O) groups excluding carboxylic acids is 3. The van der Waals surface area contributed by atoms with Gasteiger partial charge in [-0.05, 0) is 49.8 Å². The van der Waals surface area contributed by atoms with Crippen molar-refractivity contribution in [2.75, 3.05) is 11.9 Å². The predicted octanol–water partition coefficient (Wildman–Crippen LogP) is 3.53. The number of imide groups is 1. The highest BCUT2D eigenvalue weighted by molar-refractivity contribution is 7.14. The van der Waals surface area contributed by atoms with Gasteiger partial charge in [0.15, 0.2) is 16.8 Å². The van der Waals surface area contributed by atoms with Gasteiger partial charge >= 0.3 is 6.03 Å². The Bertz CT molecular complexity index is 1020. The molecule has 1 aromatic heterocycles. The maximum absolute atomic E-state index is 13.4. The summed E-state index contributed by atoms with van der Waals surface area (Å²) in [4.78, 5) is 42.7. The molecule has 1 saturated heterocycles. The van der Waals surface area contributed by atoms with Gasteiger partial charge in [0.05, 0.1) is 5.69 Å². The Kier molecular flexibility index (Phi) is 5.27. The van der Waals surface area contributed by atoms with E-state index in [-0.39, 0.29) is 11.0 Å². The number of benzene rings is 1.